The van der Waals surface area contributed by atoms with Gasteiger partial charge in [-0.2, -0.15) is 0 Å². The quantitative estimate of drug-likeness (QED) is 0.0754. The minimum absolute atomic E-state index is 0.00546. The number of hydrogen-bond acceptors (Lipinski definition) is 5. The van der Waals surface area contributed by atoms with Crippen LogP contribution in [0.15, 0.2) is 12.2 Å². The number of Topliss-reactive ketones (excluding diaryl/α,β-unsaturated/α-hetero) is 1. The van der Waals surface area contributed by atoms with Gasteiger partial charge in [0.05, 0.1) is 7.11 Å². The first-order chi connectivity index (χ1) is 16.2. The molecule has 0 atom stereocenters. The second-order valence-electron chi connectivity index (χ2n) is 8.97. The number of carbonyl (C=O) groups excluding carboxylic acids is 2. The van der Waals surface area contributed by atoms with Crippen LogP contribution < -0.4 is 0 Å². The van der Waals surface area contributed by atoms with E-state index in [1.165, 1.54) is 90.6 Å². The summed E-state index contributed by atoms with van der Waals surface area (Å²) in [6, 6.07) is 0. The molecule has 0 aromatic heterocycles. The maximum Gasteiger partial charge on any atom is 0.305 e. The van der Waals surface area contributed by atoms with E-state index in [4.69, 9.17) is 9.47 Å². The van der Waals surface area contributed by atoms with Gasteiger partial charge in [-0.1, -0.05) is 83.3 Å². The highest BCUT2D eigenvalue weighted by atomic mass is 16.5. The van der Waals surface area contributed by atoms with Crippen molar-refractivity contribution >= 4 is 11.8 Å². The molecule has 0 N–H and O–H groups in total. The number of unbranched alkanes of at least 4 members (excludes halogenated alkanes) is 14. The van der Waals surface area contributed by atoms with Crippen LogP contribution in [0.4, 0.5) is 0 Å². The third-order valence-electron chi connectivity index (χ3n) is 5.72. The SMILES string of the molecule is CCCCCCCCC=CCCCCCCCCOCC(=O)COCCCCCC(=O)OC. The standard InChI is InChI=1S/C28H52O5/c1-3-4-5-6-7-8-9-10-11-12-13-14-15-16-17-20-23-32-25-27(29)26-33-24-21-18-19-22-28(30)31-2/h10-11H,3-9,12-26H2,1-2H3. The van der Waals surface area contributed by atoms with E-state index in [0.29, 0.717) is 19.6 Å². The molecule has 0 aromatic carbocycles. The highest BCUT2D eigenvalue weighted by molar-refractivity contribution is 5.80. The molecule has 0 unspecified atom stereocenters. The second kappa shape index (κ2) is 27.0. The molecular weight excluding hydrogens is 416 g/mol. The van der Waals surface area contributed by atoms with E-state index in [1.807, 2.05) is 0 Å². The van der Waals surface area contributed by atoms with Crippen molar-refractivity contribution in [1.82, 2.24) is 0 Å². The lowest BCUT2D eigenvalue weighted by Gasteiger charge is -2.05. The minimum atomic E-state index is -0.176. The molecule has 0 saturated carbocycles. The number of ether oxygens (including phenoxy) is 3. The van der Waals surface area contributed by atoms with Gasteiger partial charge in [0.25, 0.3) is 0 Å². The van der Waals surface area contributed by atoms with Crippen LogP contribution >= 0.6 is 0 Å². The lowest BCUT2D eigenvalue weighted by Crippen LogP contribution is -2.16. The van der Waals surface area contributed by atoms with E-state index < -0.39 is 0 Å². The molecule has 0 aliphatic rings. The van der Waals surface area contributed by atoms with Crippen molar-refractivity contribution in [2.45, 2.75) is 122 Å². The van der Waals surface area contributed by atoms with Crippen LogP contribution in [-0.4, -0.2) is 45.3 Å². The van der Waals surface area contributed by atoms with Gasteiger partial charge < -0.3 is 14.2 Å². The van der Waals surface area contributed by atoms with Crippen molar-refractivity contribution in [2.75, 3.05) is 33.5 Å². The predicted octanol–water partition coefficient (Wildman–Crippen LogP) is 7.36. The van der Waals surface area contributed by atoms with Crippen molar-refractivity contribution in [2.24, 2.45) is 0 Å². The number of allylic oxidation sites excluding steroid dienone is 2. The molecule has 0 spiro atoms. The largest absolute Gasteiger partial charge is 0.469 e. The Bertz CT molecular complexity index is 461. The second-order valence-corrected chi connectivity index (χ2v) is 8.97. The van der Waals surface area contributed by atoms with Gasteiger partial charge in [0.2, 0.25) is 0 Å². The van der Waals surface area contributed by atoms with Crippen molar-refractivity contribution in [3.8, 4) is 0 Å². The molecule has 0 fully saturated rings. The van der Waals surface area contributed by atoms with E-state index in [1.54, 1.807) is 0 Å². The molecule has 0 radical (unpaired) electrons. The van der Waals surface area contributed by atoms with Crippen molar-refractivity contribution < 1.29 is 23.8 Å². The Morgan fingerprint density at radius 3 is 1.58 bits per heavy atom. The molecule has 0 aliphatic carbocycles. The first kappa shape index (κ1) is 31.8. The minimum Gasteiger partial charge on any atom is -0.469 e. The van der Waals surface area contributed by atoms with Crippen LogP contribution in [0, 0.1) is 0 Å². The van der Waals surface area contributed by atoms with Crippen LogP contribution in [0.2, 0.25) is 0 Å². The van der Waals surface area contributed by atoms with Crippen molar-refractivity contribution in [1.29, 1.82) is 0 Å². The van der Waals surface area contributed by atoms with Crippen molar-refractivity contribution in [3.05, 3.63) is 12.2 Å². The average Bonchev–Trinajstić information content (AvgIpc) is 2.82. The fraction of sp³-hybridized carbons (Fsp3) is 0.857. The highest BCUT2D eigenvalue weighted by Gasteiger charge is 2.03. The first-order valence-electron chi connectivity index (χ1n) is 13.6. The molecule has 0 saturated heterocycles. The zero-order valence-corrected chi connectivity index (χ0v) is 21.8. The number of methoxy groups -OCH3 is 1. The van der Waals surface area contributed by atoms with E-state index >= 15 is 0 Å². The highest BCUT2D eigenvalue weighted by Crippen LogP contribution is 2.10. The summed E-state index contributed by atoms with van der Waals surface area (Å²) in [7, 11) is 1.40. The topological polar surface area (TPSA) is 61.8 Å². The summed E-state index contributed by atoms with van der Waals surface area (Å²) in [6.45, 7) is 3.73. The first-order valence-corrected chi connectivity index (χ1v) is 13.6. The van der Waals surface area contributed by atoms with Crippen LogP contribution in [0.5, 0.6) is 0 Å². The third kappa shape index (κ3) is 26.9. The summed E-state index contributed by atoms with van der Waals surface area (Å²) in [5, 5.41) is 0. The lowest BCUT2D eigenvalue weighted by atomic mass is 10.1. The van der Waals surface area contributed by atoms with Gasteiger partial charge in [-0.15, -0.1) is 0 Å². The zero-order valence-electron chi connectivity index (χ0n) is 21.8. The van der Waals surface area contributed by atoms with Crippen LogP contribution in [-0.2, 0) is 23.8 Å². The van der Waals surface area contributed by atoms with Gasteiger partial charge in [-0.25, -0.2) is 0 Å². The molecule has 0 bridgehead atoms. The monoisotopic (exact) mass is 468 g/mol. The Balaban J connectivity index is 3.21. The molecule has 5 nitrogen and oxygen atoms in total. The van der Waals surface area contributed by atoms with Gasteiger partial charge in [-0.05, 0) is 44.9 Å². The number of esters is 1. The molecular formula is C28H52O5. The van der Waals surface area contributed by atoms with Gasteiger partial charge in [-0.3, -0.25) is 9.59 Å². The molecule has 5 heteroatoms. The summed E-state index contributed by atoms with van der Waals surface area (Å²) < 4.78 is 15.4. The normalized spacial score (nSPS) is 11.3. The summed E-state index contributed by atoms with van der Waals surface area (Å²) in [5.41, 5.74) is 0. The van der Waals surface area contributed by atoms with Gasteiger partial charge in [0, 0.05) is 19.6 Å². The number of carbonyl (C=O) groups is 2. The Kier molecular flexibility index (Phi) is 26.1. The molecule has 0 heterocycles. The summed E-state index contributed by atoms with van der Waals surface area (Å²) in [5.74, 6) is -0.181. The van der Waals surface area contributed by atoms with E-state index in [0.717, 1.165) is 25.7 Å². The maximum absolute atomic E-state index is 11.7. The fourth-order valence-corrected chi connectivity index (χ4v) is 3.62. The molecule has 0 amide bonds. The van der Waals surface area contributed by atoms with E-state index in [-0.39, 0.29) is 25.0 Å². The van der Waals surface area contributed by atoms with Crippen LogP contribution in [0.1, 0.15) is 122 Å². The van der Waals surface area contributed by atoms with E-state index in [9.17, 15) is 9.59 Å². The van der Waals surface area contributed by atoms with Crippen LogP contribution in [0.25, 0.3) is 0 Å². The predicted molar refractivity (Wildman–Crippen MR) is 137 cm³/mol. The van der Waals surface area contributed by atoms with Gasteiger partial charge in [0.1, 0.15) is 13.2 Å². The summed E-state index contributed by atoms with van der Waals surface area (Å²) in [6.07, 6.45) is 25.8. The lowest BCUT2D eigenvalue weighted by molar-refractivity contribution is -0.140. The maximum atomic E-state index is 11.7. The van der Waals surface area contributed by atoms with Gasteiger partial charge >= 0.3 is 5.97 Å². The molecule has 194 valence electrons. The number of rotatable bonds is 26. The van der Waals surface area contributed by atoms with Crippen molar-refractivity contribution in [3.63, 3.8) is 0 Å². The Labute approximate surface area is 204 Å². The Morgan fingerprint density at radius 1 is 0.606 bits per heavy atom. The Morgan fingerprint density at radius 2 is 1.06 bits per heavy atom. The van der Waals surface area contributed by atoms with Crippen LogP contribution in [0.3, 0.4) is 0 Å². The van der Waals surface area contributed by atoms with E-state index in [2.05, 4.69) is 23.8 Å². The number of hydrogen-bond donors (Lipinski definition) is 0. The fourth-order valence-electron chi connectivity index (χ4n) is 3.62. The molecule has 0 aliphatic heterocycles. The Hall–Kier alpha value is -1.20. The summed E-state index contributed by atoms with van der Waals surface area (Å²) >= 11 is 0. The average molecular weight is 469 g/mol. The molecule has 0 aromatic rings. The summed E-state index contributed by atoms with van der Waals surface area (Å²) in [4.78, 5) is 22.7. The number of ketones is 1. The smallest absolute Gasteiger partial charge is 0.305 e. The third-order valence-corrected chi connectivity index (χ3v) is 5.72. The zero-order chi connectivity index (χ0) is 24.2. The molecule has 33 heavy (non-hydrogen) atoms. The van der Waals surface area contributed by atoms with Gasteiger partial charge in [0.15, 0.2) is 5.78 Å². The molecule has 0 rings (SSSR count).